The van der Waals surface area contributed by atoms with Crippen molar-refractivity contribution in [3.63, 3.8) is 0 Å². The van der Waals surface area contributed by atoms with E-state index >= 15 is 0 Å². The van der Waals surface area contributed by atoms with E-state index in [2.05, 4.69) is 18.4 Å². The summed E-state index contributed by atoms with van der Waals surface area (Å²) < 4.78 is 15.9. The molecule has 0 spiro atoms. The number of hydrogen-bond donors (Lipinski definition) is 2. The van der Waals surface area contributed by atoms with Gasteiger partial charge in [-0.2, -0.15) is 0 Å². The number of halogens is 2. The number of nitrogens with one attached hydrogen (secondary N) is 1. The Morgan fingerprint density at radius 2 is 1.97 bits per heavy atom. The summed E-state index contributed by atoms with van der Waals surface area (Å²) in [6, 6.07) is 9.21. The number of Topliss-reactive ketones (excluding diaryl/α,β-unsaturated/α-hetero) is 1. The minimum atomic E-state index is -1.87. The molecule has 2 aromatic carbocycles. The summed E-state index contributed by atoms with van der Waals surface area (Å²) in [7, 11) is -1.87. The fraction of sp³-hybridized carbons (Fsp3) is 0.320. The molecule has 7 nitrogen and oxygen atoms in total. The number of benzene rings is 2. The van der Waals surface area contributed by atoms with Gasteiger partial charge in [-0.15, -0.1) is 0 Å². The second-order valence-corrected chi connectivity index (χ2v) is 15.2. The zero-order valence-corrected chi connectivity index (χ0v) is 21.5. The largest absolute Gasteiger partial charge is 0.508 e. The van der Waals surface area contributed by atoms with Crippen LogP contribution in [-0.2, 0) is 22.7 Å². The van der Waals surface area contributed by atoms with Crippen molar-refractivity contribution in [3.05, 3.63) is 64.6 Å². The summed E-state index contributed by atoms with van der Waals surface area (Å²) in [5.41, 5.74) is 1.30. The molecule has 1 aliphatic rings. The Labute approximate surface area is 208 Å². The van der Waals surface area contributed by atoms with Crippen LogP contribution in [0.2, 0.25) is 24.2 Å². The molecule has 0 bridgehead atoms. The highest BCUT2D eigenvalue weighted by atomic mass is 35.5. The molecule has 4 rings (SSSR count). The van der Waals surface area contributed by atoms with Gasteiger partial charge in [-0.05, 0) is 31.2 Å². The average molecular weight is 516 g/mol. The van der Waals surface area contributed by atoms with Crippen LogP contribution in [0.1, 0.15) is 22.8 Å². The van der Waals surface area contributed by atoms with Crippen molar-refractivity contribution >= 4 is 48.2 Å². The van der Waals surface area contributed by atoms with Crippen molar-refractivity contribution < 1.29 is 23.9 Å². The van der Waals surface area contributed by atoms with Gasteiger partial charge >= 0.3 is 0 Å². The quantitative estimate of drug-likeness (QED) is 0.381. The Kier molecular flexibility index (Phi) is 6.74. The first-order valence-corrected chi connectivity index (χ1v) is 15.1. The summed E-state index contributed by atoms with van der Waals surface area (Å²) in [6.45, 7) is 5.58. The number of carbonyl (C=O) groups excluding carboxylic acids is 3. The minimum Gasteiger partial charge on any atom is -0.508 e. The van der Waals surface area contributed by atoms with E-state index in [4.69, 9.17) is 11.6 Å². The number of phenolic OH excluding ortho intramolecular Hbond substituents is 1. The molecule has 1 aromatic heterocycles. The predicted molar refractivity (Wildman–Crippen MR) is 135 cm³/mol. The van der Waals surface area contributed by atoms with Crippen LogP contribution in [0.4, 0.5) is 4.39 Å². The third-order valence-electron chi connectivity index (χ3n) is 6.38. The molecule has 1 atom stereocenters. The predicted octanol–water partition coefficient (Wildman–Crippen LogP) is 4.12. The first-order chi connectivity index (χ1) is 16.5. The van der Waals surface area contributed by atoms with Gasteiger partial charge in [0.05, 0.1) is 18.6 Å². The highest BCUT2D eigenvalue weighted by molar-refractivity contribution is 6.79. The van der Waals surface area contributed by atoms with E-state index in [1.165, 1.54) is 25.1 Å². The number of hydrogen-bond acceptors (Lipinski definition) is 4. The van der Waals surface area contributed by atoms with E-state index in [0.717, 1.165) is 0 Å². The van der Waals surface area contributed by atoms with Gasteiger partial charge in [0.2, 0.25) is 11.8 Å². The highest BCUT2D eigenvalue weighted by Crippen LogP contribution is 2.29. The van der Waals surface area contributed by atoms with Crippen LogP contribution in [0.5, 0.6) is 5.75 Å². The van der Waals surface area contributed by atoms with E-state index in [1.807, 2.05) is 0 Å². The molecule has 35 heavy (non-hydrogen) atoms. The van der Waals surface area contributed by atoms with Gasteiger partial charge in [0.1, 0.15) is 24.2 Å². The normalized spacial score (nSPS) is 17.1. The van der Waals surface area contributed by atoms with Crippen LogP contribution in [-0.4, -0.2) is 52.5 Å². The molecule has 0 radical (unpaired) electrons. The molecule has 2 amide bonds. The topological polar surface area (TPSA) is 91.6 Å². The van der Waals surface area contributed by atoms with E-state index in [-0.39, 0.29) is 47.0 Å². The molecule has 0 saturated carbocycles. The first kappa shape index (κ1) is 24.9. The number of nitrogens with zero attached hydrogens (tertiary/aromatic N) is 2. The minimum absolute atomic E-state index is 0.0159. The lowest BCUT2D eigenvalue weighted by Crippen LogP contribution is -2.46. The number of ketones is 1. The molecular formula is C25H27ClFN3O4Si. The third-order valence-corrected chi connectivity index (χ3v) is 9.36. The number of aromatic hydroxyl groups is 1. The molecule has 1 saturated heterocycles. The zero-order valence-electron chi connectivity index (χ0n) is 19.8. The second kappa shape index (κ2) is 9.47. The van der Waals surface area contributed by atoms with Crippen molar-refractivity contribution in [2.75, 3.05) is 6.17 Å². The Hall–Kier alpha value is -3.17. The lowest BCUT2D eigenvalue weighted by atomic mass is 10.1. The fourth-order valence-electron chi connectivity index (χ4n) is 4.68. The standard InChI is InChI=1S/C25H27ClFN3O4Si/c1-15(31)19-11-29(21-9-17(32)7-8-18(19)21)12-23(33)30-14-35(2,3)13-22(30)25(34)28-10-16-5-4-6-20(26)24(16)27/h4-9,11,22,32H,10,12-14H2,1-3H3,(H,28,34)/t22-/m0/s1. The van der Waals surface area contributed by atoms with Gasteiger partial charge in [0, 0.05) is 41.5 Å². The van der Waals surface area contributed by atoms with Crippen LogP contribution < -0.4 is 5.32 Å². The summed E-state index contributed by atoms with van der Waals surface area (Å²) in [6.07, 6.45) is 2.12. The van der Waals surface area contributed by atoms with E-state index < -0.39 is 19.9 Å². The molecule has 10 heteroatoms. The molecular weight excluding hydrogens is 489 g/mol. The van der Waals surface area contributed by atoms with Gasteiger partial charge in [0.25, 0.3) is 0 Å². The number of carbonyl (C=O) groups is 3. The summed E-state index contributed by atoms with van der Waals surface area (Å²) in [4.78, 5) is 40.2. The highest BCUT2D eigenvalue weighted by Gasteiger charge is 2.44. The maximum Gasteiger partial charge on any atom is 0.242 e. The van der Waals surface area contributed by atoms with E-state index in [0.29, 0.717) is 28.7 Å². The van der Waals surface area contributed by atoms with Gasteiger partial charge in [-0.25, -0.2) is 4.39 Å². The molecule has 3 aromatic rings. The van der Waals surface area contributed by atoms with E-state index in [9.17, 15) is 23.9 Å². The summed E-state index contributed by atoms with van der Waals surface area (Å²) in [5, 5.41) is 13.3. The van der Waals surface area contributed by atoms with Crippen LogP contribution in [0.25, 0.3) is 10.9 Å². The number of phenols is 1. The lowest BCUT2D eigenvalue weighted by Gasteiger charge is -2.25. The smallest absolute Gasteiger partial charge is 0.242 e. The lowest BCUT2D eigenvalue weighted by molar-refractivity contribution is -0.138. The summed E-state index contributed by atoms with van der Waals surface area (Å²) >= 11 is 5.83. The third kappa shape index (κ3) is 5.11. The number of rotatable bonds is 6. The number of fused-ring (bicyclic) bond motifs is 1. The zero-order chi connectivity index (χ0) is 25.5. The monoisotopic (exact) mass is 515 g/mol. The van der Waals surface area contributed by atoms with Gasteiger partial charge in [-0.1, -0.05) is 36.8 Å². The van der Waals surface area contributed by atoms with Crippen LogP contribution in [0.15, 0.2) is 42.6 Å². The molecule has 1 aliphatic heterocycles. The Bertz CT molecular complexity index is 1340. The van der Waals surface area contributed by atoms with Crippen molar-refractivity contribution in [2.45, 2.75) is 45.2 Å². The number of amides is 2. The SMILES string of the molecule is CC(=O)c1cn(CC(=O)N2C[Si](C)(C)C[C@H]2C(=O)NCc2cccc(Cl)c2F)c2cc(O)ccc12. The van der Waals surface area contributed by atoms with Crippen LogP contribution in [0.3, 0.4) is 0 Å². The van der Waals surface area contributed by atoms with Gasteiger partial charge in [-0.3, -0.25) is 14.4 Å². The average Bonchev–Trinajstić information content (AvgIpc) is 3.31. The number of aromatic nitrogens is 1. The van der Waals surface area contributed by atoms with Gasteiger partial charge < -0.3 is 19.9 Å². The maximum atomic E-state index is 14.2. The molecule has 2 heterocycles. The molecule has 184 valence electrons. The van der Waals surface area contributed by atoms with Crippen molar-refractivity contribution in [1.29, 1.82) is 0 Å². The van der Waals surface area contributed by atoms with Crippen molar-refractivity contribution in [1.82, 2.24) is 14.8 Å². The van der Waals surface area contributed by atoms with Crippen molar-refractivity contribution in [3.8, 4) is 5.75 Å². The molecule has 1 fully saturated rings. The fourth-order valence-corrected chi connectivity index (χ4v) is 7.77. The van der Waals surface area contributed by atoms with Crippen molar-refractivity contribution in [2.24, 2.45) is 0 Å². The Balaban J connectivity index is 1.55. The van der Waals surface area contributed by atoms with Crippen LogP contribution >= 0.6 is 11.6 Å². The molecule has 2 N–H and O–H groups in total. The Morgan fingerprint density at radius 3 is 2.69 bits per heavy atom. The Morgan fingerprint density at radius 1 is 1.23 bits per heavy atom. The second-order valence-electron chi connectivity index (χ2n) is 9.76. The molecule has 0 unspecified atom stereocenters. The van der Waals surface area contributed by atoms with Gasteiger partial charge in [0.15, 0.2) is 5.78 Å². The maximum absolute atomic E-state index is 14.2. The summed E-state index contributed by atoms with van der Waals surface area (Å²) in [5.74, 6) is -1.29. The van der Waals surface area contributed by atoms with E-state index in [1.54, 1.807) is 33.9 Å². The first-order valence-electron chi connectivity index (χ1n) is 11.3. The van der Waals surface area contributed by atoms with Crippen LogP contribution in [0, 0.1) is 5.82 Å². The molecule has 0 aliphatic carbocycles.